The molecule has 2 heterocycles. The second kappa shape index (κ2) is 7.07. The Hall–Kier alpha value is -1.36. The number of rotatable bonds is 5. The summed E-state index contributed by atoms with van der Waals surface area (Å²) in [5.74, 6) is 2.66. The highest BCUT2D eigenvalue weighted by molar-refractivity contribution is 5.48. The van der Waals surface area contributed by atoms with Crippen molar-refractivity contribution in [3.8, 4) is 0 Å². The molecule has 1 atom stereocenters. The molecule has 1 aliphatic heterocycles. The fourth-order valence-electron chi connectivity index (χ4n) is 3.21. The van der Waals surface area contributed by atoms with Crippen LogP contribution in [-0.4, -0.2) is 35.3 Å². The maximum atomic E-state index is 5.64. The van der Waals surface area contributed by atoms with Crippen molar-refractivity contribution < 1.29 is 4.74 Å². The first kappa shape index (κ1) is 14.6. The summed E-state index contributed by atoms with van der Waals surface area (Å²) < 4.78 is 5.64. The third-order valence-electron chi connectivity index (χ3n) is 4.33. The molecule has 0 spiro atoms. The van der Waals surface area contributed by atoms with Crippen LogP contribution in [0.3, 0.4) is 0 Å². The van der Waals surface area contributed by atoms with Crippen molar-refractivity contribution in [1.29, 1.82) is 0 Å². The molecule has 2 aliphatic rings. The molecule has 3 rings (SSSR count). The molecule has 116 valence electrons. The number of nitrogens with zero attached hydrogens (tertiary/aromatic N) is 2. The summed E-state index contributed by atoms with van der Waals surface area (Å²) in [6.07, 6.45) is 9.17. The highest BCUT2D eigenvalue weighted by atomic mass is 16.5. The smallest absolute Gasteiger partial charge is 0.132 e. The van der Waals surface area contributed by atoms with Crippen LogP contribution in [0.15, 0.2) is 6.07 Å². The molecule has 1 aromatic heterocycles. The Morgan fingerprint density at radius 3 is 2.67 bits per heavy atom. The monoisotopic (exact) mass is 290 g/mol. The summed E-state index contributed by atoms with van der Waals surface area (Å²) in [7, 11) is 0. The quantitative estimate of drug-likeness (QED) is 0.872. The molecule has 0 amide bonds. The number of aromatic nitrogens is 2. The van der Waals surface area contributed by atoms with Gasteiger partial charge < -0.3 is 15.4 Å². The van der Waals surface area contributed by atoms with Crippen LogP contribution in [0, 0.1) is 6.92 Å². The van der Waals surface area contributed by atoms with Crippen LogP contribution >= 0.6 is 0 Å². The van der Waals surface area contributed by atoms with E-state index in [9.17, 15) is 0 Å². The van der Waals surface area contributed by atoms with E-state index in [1.807, 2.05) is 13.0 Å². The Morgan fingerprint density at radius 2 is 1.90 bits per heavy atom. The minimum atomic E-state index is 0.329. The van der Waals surface area contributed by atoms with Gasteiger partial charge in [-0.1, -0.05) is 19.3 Å². The molecule has 1 unspecified atom stereocenters. The highest BCUT2D eigenvalue weighted by Gasteiger charge is 2.16. The van der Waals surface area contributed by atoms with E-state index >= 15 is 0 Å². The molecular formula is C16H26N4O. The van der Waals surface area contributed by atoms with Crippen molar-refractivity contribution in [3.05, 3.63) is 11.9 Å². The number of hydrogen-bond donors (Lipinski definition) is 2. The summed E-state index contributed by atoms with van der Waals surface area (Å²) >= 11 is 0. The third-order valence-corrected chi connectivity index (χ3v) is 4.33. The summed E-state index contributed by atoms with van der Waals surface area (Å²) in [5.41, 5.74) is 0. The standard InChI is InChI=1S/C16H26N4O/c1-12-18-15(17-11-14-8-5-9-21-14)10-16(19-12)20-13-6-3-2-4-7-13/h10,13-14H,2-9,11H2,1H3,(H2,17,18,19,20). The number of ether oxygens (including phenoxy) is 1. The Kier molecular flexibility index (Phi) is 4.91. The average Bonchev–Trinajstić information content (AvgIpc) is 2.99. The first-order valence-electron chi connectivity index (χ1n) is 8.27. The minimum absolute atomic E-state index is 0.329. The Labute approximate surface area is 126 Å². The van der Waals surface area contributed by atoms with Crippen LogP contribution in [-0.2, 0) is 4.74 Å². The zero-order valence-corrected chi connectivity index (χ0v) is 12.9. The van der Waals surface area contributed by atoms with Gasteiger partial charge in [-0.2, -0.15) is 0 Å². The lowest BCUT2D eigenvalue weighted by Crippen LogP contribution is -2.23. The summed E-state index contributed by atoms with van der Waals surface area (Å²) in [6, 6.07) is 2.59. The molecule has 1 saturated heterocycles. The predicted molar refractivity (Wildman–Crippen MR) is 84.7 cm³/mol. The van der Waals surface area contributed by atoms with Crippen LogP contribution in [0.25, 0.3) is 0 Å². The third kappa shape index (κ3) is 4.30. The number of hydrogen-bond acceptors (Lipinski definition) is 5. The summed E-state index contributed by atoms with van der Waals surface area (Å²) in [6.45, 7) is 3.67. The van der Waals surface area contributed by atoms with E-state index in [1.165, 1.54) is 38.5 Å². The zero-order chi connectivity index (χ0) is 14.5. The van der Waals surface area contributed by atoms with Crippen LogP contribution in [0.1, 0.15) is 50.8 Å². The number of aryl methyl sites for hydroxylation is 1. The topological polar surface area (TPSA) is 59.1 Å². The summed E-state index contributed by atoms with van der Waals surface area (Å²) in [5, 5.41) is 6.96. The van der Waals surface area contributed by atoms with E-state index in [4.69, 9.17) is 4.74 Å². The van der Waals surface area contributed by atoms with E-state index < -0.39 is 0 Å². The lowest BCUT2D eigenvalue weighted by Gasteiger charge is -2.23. The minimum Gasteiger partial charge on any atom is -0.376 e. The predicted octanol–water partition coefficient (Wildman–Crippen LogP) is 3.12. The second-order valence-corrected chi connectivity index (χ2v) is 6.18. The molecule has 1 aliphatic carbocycles. The van der Waals surface area contributed by atoms with Crippen molar-refractivity contribution in [2.24, 2.45) is 0 Å². The van der Waals surface area contributed by atoms with Gasteiger partial charge in [0.05, 0.1) is 6.10 Å². The van der Waals surface area contributed by atoms with Gasteiger partial charge in [0, 0.05) is 25.3 Å². The van der Waals surface area contributed by atoms with Crippen LogP contribution in [0.4, 0.5) is 11.6 Å². The highest BCUT2D eigenvalue weighted by Crippen LogP contribution is 2.22. The van der Waals surface area contributed by atoms with Gasteiger partial charge in [0.15, 0.2) is 0 Å². The molecule has 2 fully saturated rings. The fraction of sp³-hybridized carbons (Fsp3) is 0.750. The van der Waals surface area contributed by atoms with E-state index in [0.29, 0.717) is 12.1 Å². The van der Waals surface area contributed by atoms with E-state index in [0.717, 1.165) is 37.0 Å². The van der Waals surface area contributed by atoms with Crippen molar-refractivity contribution in [2.75, 3.05) is 23.8 Å². The maximum absolute atomic E-state index is 5.64. The largest absolute Gasteiger partial charge is 0.376 e. The molecule has 0 aromatic carbocycles. The zero-order valence-electron chi connectivity index (χ0n) is 12.9. The molecule has 5 nitrogen and oxygen atoms in total. The summed E-state index contributed by atoms with van der Waals surface area (Å²) in [4.78, 5) is 8.98. The van der Waals surface area contributed by atoms with Crippen LogP contribution in [0.2, 0.25) is 0 Å². The molecule has 0 radical (unpaired) electrons. The van der Waals surface area contributed by atoms with Crippen molar-refractivity contribution in [1.82, 2.24) is 9.97 Å². The van der Waals surface area contributed by atoms with Gasteiger partial charge >= 0.3 is 0 Å². The van der Waals surface area contributed by atoms with Gasteiger partial charge in [-0.3, -0.25) is 0 Å². The first-order valence-corrected chi connectivity index (χ1v) is 8.27. The molecular weight excluding hydrogens is 264 g/mol. The van der Waals surface area contributed by atoms with E-state index in [2.05, 4.69) is 20.6 Å². The first-order chi connectivity index (χ1) is 10.3. The van der Waals surface area contributed by atoms with Gasteiger partial charge in [0.2, 0.25) is 0 Å². The average molecular weight is 290 g/mol. The van der Waals surface area contributed by atoms with Crippen molar-refractivity contribution in [2.45, 2.75) is 64.0 Å². The number of anilines is 2. The Bertz CT molecular complexity index is 454. The van der Waals surface area contributed by atoms with E-state index in [1.54, 1.807) is 0 Å². The van der Waals surface area contributed by atoms with Crippen LogP contribution in [0.5, 0.6) is 0 Å². The normalized spacial score (nSPS) is 23.2. The molecule has 21 heavy (non-hydrogen) atoms. The van der Waals surface area contributed by atoms with Gasteiger partial charge in [0.1, 0.15) is 17.5 Å². The molecule has 5 heteroatoms. The maximum Gasteiger partial charge on any atom is 0.132 e. The SMILES string of the molecule is Cc1nc(NCC2CCCO2)cc(NC2CCCCC2)n1. The lowest BCUT2D eigenvalue weighted by molar-refractivity contribution is 0.120. The van der Waals surface area contributed by atoms with Crippen molar-refractivity contribution >= 4 is 11.6 Å². The molecule has 0 bridgehead atoms. The van der Waals surface area contributed by atoms with Gasteiger partial charge in [-0.25, -0.2) is 9.97 Å². The van der Waals surface area contributed by atoms with Gasteiger partial charge in [-0.15, -0.1) is 0 Å². The fourth-order valence-corrected chi connectivity index (χ4v) is 3.21. The van der Waals surface area contributed by atoms with Crippen molar-refractivity contribution in [3.63, 3.8) is 0 Å². The molecule has 2 N–H and O–H groups in total. The Balaban J connectivity index is 1.58. The number of nitrogens with one attached hydrogen (secondary N) is 2. The van der Waals surface area contributed by atoms with Gasteiger partial charge in [-0.05, 0) is 32.6 Å². The van der Waals surface area contributed by atoms with Crippen LogP contribution < -0.4 is 10.6 Å². The molecule has 1 aromatic rings. The Morgan fingerprint density at radius 1 is 1.10 bits per heavy atom. The lowest BCUT2D eigenvalue weighted by atomic mass is 9.95. The van der Waals surface area contributed by atoms with Gasteiger partial charge in [0.25, 0.3) is 0 Å². The second-order valence-electron chi connectivity index (χ2n) is 6.18. The molecule has 1 saturated carbocycles. The van der Waals surface area contributed by atoms with E-state index in [-0.39, 0.29) is 0 Å².